The van der Waals surface area contributed by atoms with E-state index in [1.54, 1.807) is 0 Å². The van der Waals surface area contributed by atoms with Crippen molar-refractivity contribution in [2.45, 2.75) is 0 Å². The van der Waals surface area contributed by atoms with Crippen LogP contribution >= 0.6 is 0 Å². The number of fused-ring (bicyclic) bond motifs is 7. The number of nitrogens with zero attached hydrogens (tertiary/aromatic N) is 2. The molecule has 0 aliphatic carbocycles. The molecule has 7 rings (SSSR count). The first-order valence-corrected chi connectivity index (χ1v) is 11.4. The Morgan fingerprint density at radius 1 is 0.500 bits per heavy atom. The second-order valence-electron chi connectivity index (χ2n) is 8.61. The summed E-state index contributed by atoms with van der Waals surface area (Å²) >= 11 is 0. The average Bonchev–Trinajstić information content (AvgIpc) is 3.42. The standard InChI is InChI=1S/C31H20N2O/c34-20-21-9-8-12-23(19-21)33-27-15-6-4-13-24(27)25-17-18-29-30(31(25)33)26-14-5-7-16-28(26)32(29)22-10-2-1-3-11-22/h1-20H. The molecule has 2 heterocycles. The Bertz CT molecular complexity index is 1870. The molecule has 7 aromatic rings. The summed E-state index contributed by atoms with van der Waals surface area (Å²) in [5, 5.41) is 4.83. The third kappa shape index (κ3) is 2.55. The molecule has 2 aromatic heterocycles. The van der Waals surface area contributed by atoms with Gasteiger partial charge in [-0.25, -0.2) is 0 Å². The fourth-order valence-electron chi connectivity index (χ4n) is 5.37. The minimum atomic E-state index is 0.669. The predicted octanol–water partition coefficient (Wildman–Crippen LogP) is 7.69. The highest BCUT2D eigenvalue weighted by Gasteiger charge is 2.20. The van der Waals surface area contributed by atoms with Gasteiger partial charge in [0.05, 0.1) is 22.1 Å². The average molecular weight is 437 g/mol. The summed E-state index contributed by atoms with van der Waals surface area (Å²) in [5.41, 5.74) is 7.42. The molecule has 0 radical (unpaired) electrons. The van der Waals surface area contributed by atoms with E-state index >= 15 is 0 Å². The SMILES string of the molecule is O=Cc1cccc(-n2c3ccccc3c3ccc4c(c5ccccc5n4-c4ccccc4)c32)c1. The van der Waals surface area contributed by atoms with Crippen molar-refractivity contribution in [2.24, 2.45) is 0 Å². The van der Waals surface area contributed by atoms with Gasteiger partial charge in [-0.3, -0.25) is 4.79 Å². The molecular formula is C31H20N2O. The van der Waals surface area contributed by atoms with Crippen molar-refractivity contribution in [3.05, 3.63) is 121 Å². The molecule has 3 heteroatoms. The molecular weight excluding hydrogens is 416 g/mol. The molecule has 0 spiro atoms. The molecule has 0 bridgehead atoms. The van der Waals surface area contributed by atoms with Gasteiger partial charge in [0.1, 0.15) is 6.29 Å². The van der Waals surface area contributed by atoms with Crippen LogP contribution in [0.1, 0.15) is 10.4 Å². The van der Waals surface area contributed by atoms with Crippen LogP contribution in [0.25, 0.3) is 55.0 Å². The summed E-state index contributed by atoms with van der Waals surface area (Å²) in [6, 6.07) is 39.9. The Morgan fingerprint density at radius 3 is 1.97 bits per heavy atom. The molecule has 5 aromatic carbocycles. The maximum Gasteiger partial charge on any atom is 0.150 e. The van der Waals surface area contributed by atoms with Crippen LogP contribution in [0.4, 0.5) is 0 Å². The molecule has 160 valence electrons. The maximum absolute atomic E-state index is 11.6. The smallest absolute Gasteiger partial charge is 0.150 e. The lowest BCUT2D eigenvalue weighted by atomic mass is 10.1. The number of rotatable bonds is 3. The highest BCUT2D eigenvalue weighted by molar-refractivity contribution is 6.26. The number of para-hydroxylation sites is 3. The predicted molar refractivity (Wildman–Crippen MR) is 141 cm³/mol. The van der Waals surface area contributed by atoms with Crippen LogP contribution < -0.4 is 0 Å². The highest BCUT2D eigenvalue weighted by Crippen LogP contribution is 2.41. The molecule has 3 nitrogen and oxygen atoms in total. The lowest BCUT2D eigenvalue weighted by molar-refractivity contribution is 0.112. The van der Waals surface area contributed by atoms with Crippen LogP contribution in [0, 0.1) is 0 Å². The normalized spacial score (nSPS) is 11.6. The summed E-state index contributed by atoms with van der Waals surface area (Å²) in [5.74, 6) is 0. The Hall–Kier alpha value is -4.63. The van der Waals surface area contributed by atoms with Gasteiger partial charge in [-0.2, -0.15) is 0 Å². The molecule has 0 fully saturated rings. The van der Waals surface area contributed by atoms with E-state index in [-0.39, 0.29) is 0 Å². The zero-order valence-corrected chi connectivity index (χ0v) is 18.3. The first-order chi connectivity index (χ1) is 16.8. The molecule has 0 unspecified atom stereocenters. The van der Waals surface area contributed by atoms with Crippen molar-refractivity contribution in [1.82, 2.24) is 9.13 Å². The van der Waals surface area contributed by atoms with Gasteiger partial charge in [0.2, 0.25) is 0 Å². The van der Waals surface area contributed by atoms with Crippen LogP contribution in [-0.4, -0.2) is 15.4 Å². The number of aromatic nitrogens is 2. The molecule has 0 N–H and O–H groups in total. The minimum Gasteiger partial charge on any atom is -0.309 e. The Morgan fingerprint density at radius 2 is 1.18 bits per heavy atom. The van der Waals surface area contributed by atoms with Crippen LogP contribution in [0.2, 0.25) is 0 Å². The largest absolute Gasteiger partial charge is 0.309 e. The van der Waals surface area contributed by atoms with Crippen molar-refractivity contribution in [3.63, 3.8) is 0 Å². The minimum absolute atomic E-state index is 0.669. The Balaban J connectivity index is 1.75. The van der Waals surface area contributed by atoms with Gasteiger partial charge < -0.3 is 9.13 Å². The number of hydrogen-bond donors (Lipinski definition) is 0. The summed E-state index contributed by atoms with van der Waals surface area (Å²) in [4.78, 5) is 11.6. The van der Waals surface area contributed by atoms with Crippen LogP contribution in [-0.2, 0) is 0 Å². The summed E-state index contributed by atoms with van der Waals surface area (Å²) in [6.07, 6.45) is 0.911. The molecule has 34 heavy (non-hydrogen) atoms. The van der Waals surface area contributed by atoms with E-state index in [2.05, 4.69) is 100 Å². The van der Waals surface area contributed by atoms with Crippen molar-refractivity contribution in [2.75, 3.05) is 0 Å². The number of aldehydes is 1. The van der Waals surface area contributed by atoms with E-state index in [4.69, 9.17) is 0 Å². The van der Waals surface area contributed by atoms with Gasteiger partial charge in [0.15, 0.2) is 0 Å². The lowest BCUT2D eigenvalue weighted by Gasteiger charge is -2.10. The van der Waals surface area contributed by atoms with E-state index in [1.165, 1.54) is 27.1 Å². The van der Waals surface area contributed by atoms with Gasteiger partial charge in [-0.05, 0) is 42.5 Å². The lowest BCUT2D eigenvalue weighted by Crippen LogP contribution is -1.96. The molecule has 0 saturated heterocycles. The summed E-state index contributed by atoms with van der Waals surface area (Å²) in [6.45, 7) is 0. The zero-order chi connectivity index (χ0) is 22.6. The Labute approximate surface area is 196 Å². The van der Waals surface area contributed by atoms with Crippen molar-refractivity contribution < 1.29 is 4.79 Å². The van der Waals surface area contributed by atoms with E-state index in [0.29, 0.717) is 5.56 Å². The van der Waals surface area contributed by atoms with Gasteiger partial charge >= 0.3 is 0 Å². The van der Waals surface area contributed by atoms with Gasteiger partial charge in [0.25, 0.3) is 0 Å². The monoisotopic (exact) mass is 436 g/mol. The van der Waals surface area contributed by atoms with Crippen LogP contribution in [0.3, 0.4) is 0 Å². The number of benzene rings is 5. The van der Waals surface area contributed by atoms with Gasteiger partial charge in [0, 0.05) is 38.5 Å². The number of hydrogen-bond acceptors (Lipinski definition) is 1. The second kappa shape index (κ2) is 7.19. The van der Waals surface area contributed by atoms with Gasteiger partial charge in [-0.1, -0.05) is 72.8 Å². The summed E-state index contributed by atoms with van der Waals surface area (Å²) < 4.78 is 4.65. The van der Waals surface area contributed by atoms with Crippen molar-refractivity contribution >= 4 is 49.9 Å². The third-order valence-corrected chi connectivity index (χ3v) is 6.75. The van der Waals surface area contributed by atoms with E-state index in [1.807, 2.05) is 24.3 Å². The summed E-state index contributed by atoms with van der Waals surface area (Å²) in [7, 11) is 0. The highest BCUT2D eigenvalue weighted by atomic mass is 16.1. The number of carbonyl (C=O) groups is 1. The van der Waals surface area contributed by atoms with Crippen LogP contribution in [0.15, 0.2) is 115 Å². The van der Waals surface area contributed by atoms with E-state index in [9.17, 15) is 4.79 Å². The number of carbonyl (C=O) groups excluding carboxylic acids is 1. The molecule has 0 aliphatic heterocycles. The second-order valence-corrected chi connectivity index (χ2v) is 8.61. The molecule has 0 saturated carbocycles. The Kier molecular flexibility index (Phi) is 4.00. The maximum atomic E-state index is 11.6. The molecule has 0 aliphatic rings. The van der Waals surface area contributed by atoms with E-state index < -0.39 is 0 Å². The van der Waals surface area contributed by atoms with E-state index in [0.717, 1.165) is 34.2 Å². The molecule has 0 atom stereocenters. The molecule has 0 amide bonds. The van der Waals surface area contributed by atoms with Crippen molar-refractivity contribution in [1.29, 1.82) is 0 Å². The quantitative estimate of drug-likeness (QED) is 0.261. The fourth-order valence-corrected chi connectivity index (χ4v) is 5.37. The zero-order valence-electron chi connectivity index (χ0n) is 18.3. The third-order valence-electron chi connectivity index (χ3n) is 6.75. The van der Waals surface area contributed by atoms with Crippen molar-refractivity contribution in [3.8, 4) is 11.4 Å². The first kappa shape index (κ1) is 18.9. The first-order valence-electron chi connectivity index (χ1n) is 11.4. The topological polar surface area (TPSA) is 26.9 Å². The van der Waals surface area contributed by atoms with Gasteiger partial charge in [-0.15, -0.1) is 0 Å². The van der Waals surface area contributed by atoms with Crippen LogP contribution in [0.5, 0.6) is 0 Å². The fraction of sp³-hybridized carbons (Fsp3) is 0.